The first kappa shape index (κ1) is 23.7. The Hall–Kier alpha value is -3.91. The highest BCUT2D eigenvalue weighted by molar-refractivity contribution is 6.13. The lowest BCUT2D eigenvalue weighted by Gasteiger charge is -2.28. The normalized spacial score (nSPS) is 13.6. The molecule has 5 N–H and O–H groups in total. The number of benzene rings is 3. The number of rotatable bonds is 8. The van der Waals surface area contributed by atoms with Gasteiger partial charge in [-0.25, -0.2) is 8.78 Å². The molecular formula is C25H23F2N3O3. The van der Waals surface area contributed by atoms with Crippen LogP contribution in [0.4, 0.5) is 8.78 Å². The van der Waals surface area contributed by atoms with Crippen LogP contribution >= 0.6 is 0 Å². The predicted molar refractivity (Wildman–Crippen MR) is 120 cm³/mol. The number of halogens is 2. The van der Waals surface area contributed by atoms with Crippen molar-refractivity contribution in [3.05, 3.63) is 95.6 Å². The molecule has 2 amide bonds. The number of carbonyl (C=O) groups excluding carboxylic acids is 3. The van der Waals surface area contributed by atoms with E-state index in [1.165, 1.54) is 19.1 Å². The van der Waals surface area contributed by atoms with Crippen LogP contribution in [0.5, 0.6) is 0 Å². The molecule has 0 heterocycles. The highest BCUT2D eigenvalue weighted by Crippen LogP contribution is 2.25. The number of nitrogens with two attached hydrogens (primary N) is 2. The average molecular weight is 451 g/mol. The molecule has 0 aliphatic carbocycles. The van der Waals surface area contributed by atoms with Gasteiger partial charge in [0.1, 0.15) is 11.6 Å². The zero-order valence-corrected chi connectivity index (χ0v) is 17.8. The van der Waals surface area contributed by atoms with E-state index in [4.69, 9.17) is 11.5 Å². The molecule has 0 spiro atoms. The van der Waals surface area contributed by atoms with Crippen LogP contribution < -0.4 is 16.8 Å². The maximum Gasteiger partial charge on any atom is 0.249 e. The van der Waals surface area contributed by atoms with Gasteiger partial charge in [-0.2, -0.15) is 0 Å². The smallest absolute Gasteiger partial charge is 0.249 e. The summed E-state index contributed by atoms with van der Waals surface area (Å²) in [7, 11) is 0. The average Bonchev–Trinajstić information content (AvgIpc) is 2.77. The number of carbonyl (C=O) groups is 3. The van der Waals surface area contributed by atoms with Crippen molar-refractivity contribution in [2.75, 3.05) is 0 Å². The van der Waals surface area contributed by atoms with Gasteiger partial charge in [-0.15, -0.1) is 0 Å². The van der Waals surface area contributed by atoms with E-state index in [0.717, 1.165) is 23.3 Å². The molecule has 0 aliphatic heterocycles. The van der Waals surface area contributed by atoms with Crippen LogP contribution in [0.1, 0.15) is 18.1 Å². The van der Waals surface area contributed by atoms with Crippen LogP contribution in [0, 0.1) is 11.6 Å². The number of primary amides is 1. The Morgan fingerprint density at radius 1 is 0.909 bits per heavy atom. The molecule has 8 heteroatoms. The zero-order chi connectivity index (χ0) is 24.2. The van der Waals surface area contributed by atoms with Crippen molar-refractivity contribution in [1.82, 2.24) is 5.32 Å². The van der Waals surface area contributed by atoms with Gasteiger partial charge < -0.3 is 16.8 Å². The van der Waals surface area contributed by atoms with Gasteiger partial charge in [0.25, 0.3) is 0 Å². The Morgan fingerprint density at radius 2 is 1.45 bits per heavy atom. The molecule has 3 aromatic carbocycles. The van der Waals surface area contributed by atoms with Gasteiger partial charge in [0.2, 0.25) is 11.8 Å². The zero-order valence-electron chi connectivity index (χ0n) is 17.8. The molecule has 0 aromatic heterocycles. The van der Waals surface area contributed by atoms with Crippen LogP contribution in [0.3, 0.4) is 0 Å². The van der Waals surface area contributed by atoms with E-state index in [0.29, 0.717) is 6.07 Å². The predicted octanol–water partition coefficient (Wildman–Crippen LogP) is 2.59. The quantitative estimate of drug-likeness (QED) is 0.457. The summed E-state index contributed by atoms with van der Waals surface area (Å²) < 4.78 is 26.7. The van der Waals surface area contributed by atoms with Crippen molar-refractivity contribution < 1.29 is 23.2 Å². The topological polar surface area (TPSA) is 115 Å². The van der Waals surface area contributed by atoms with Gasteiger partial charge in [0.15, 0.2) is 11.3 Å². The van der Waals surface area contributed by atoms with E-state index in [1.807, 2.05) is 30.3 Å². The van der Waals surface area contributed by atoms with Gasteiger partial charge in [0, 0.05) is 6.07 Å². The van der Waals surface area contributed by atoms with E-state index in [9.17, 15) is 23.2 Å². The van der Waals surface area contributed by atoms with E-state index >= 15 is 0 Å². The van der Waals surface area contributed by atoms with Crippen LogP contribution in [0.2, 0.25) is 0 Å². The second-order valence-electron chi connectivity index (χ2n) is 7.72. The van der Waals surface area contributed by atoms with Gasteiger partial charge in [-0.05, 0) is 41.3 Å². The Bertz CT molecular complexity index is 1160. The highest BCUT2D eigenvalue weighted by Gasteiger charge is 2.44. The second-order valence-corrected chi connectivity index (χ2v) is 7.72. The van der Waals surface area contributed by atoms with E-state index in [1.54, 1.807) is 12.1 Å². The molecule has 33 heavy (non-hydrogen) atoms. The largest absolute Gasteiger partial charge is 0.367 e. The summed E-state index contributed by atoms with van der Waals surface area (Å²) in [5.41, 5.74) is 11.6. The first-order valence-corrected chi connectivity index (χ1v) is 10.1. The third-order valence-corrected chi connectivity index (χ3v) is 5.28. The summed E-state index contributed by atoms with van der Waals surface area (Å²) in [6.45, 7) is 1.36. The Balaban J connectivity index is 1.78. The molecule has 6 nitrogen and oxygen atoms in total. The molecule has 3 rings (SSSR count). The molecule has 3 aromatic rings. The number of Topliss-reactive ketones (excluding diaryl/α,β-unsaturated/α-hetero) is 1. The van der Waals surface area contributed by atoms with Crippen LogP contribution in [0.15, 0.2) is 72.8 Å². The molecule has 0 saturated heterocycles. The van der Waals surface area contributed by atoms with Gasteiger partial charge in [0.05, 0.1) is 12.5 Å². The molecule has 0 unspecified atom stereocenters. The maximum absolute atomic E-state index is 13.3. The number of nitrogens with one attached hydrogen (secondary N) is 1. The first-order valence-electron chi connectivity index (χ1n) is 10.1. The van der Waals surface area contributed by atoms with Crippen LogP contribution in [-0.4, -0.2) is 23.6 Å². The minimum Gasteiger partial charge on any atom is -0.367 e. The Labute approximate surface area is 189 Å². The summed E-state index contributed by atoms with van der Waals surface area (Å²) in [5, 5.41) is 2.41. The molecule has 0 radical (unpaired) electrons. The molecule has 0 saturated carbocycles. The van der Waals surface area contributed by atoms with E-state index < -0.39 is 40.8 Å². The van der Waals surface area contributed by atoms with E-state index in [-0.39, 0.29) is 17.5 Å². The molecule has 170 valence electrons. The third-order valence-electron chi connectivity index (χ3n) is 5.28. The number of hydrogen-bond acceptors (Lipinski definition) is 4. The lowest BCUT2D eigenvalue weighted by Crippen LogP contribution is -2.60. The summed E-state index contributed by atoms with van der Waals surface area (Å²) in [4.78, 5) is 37.7. The van der Waals surface area contributed by atoms with Gasteiger partial charge in [-0.1, -0.05) is 54.6 Å². The Kier molecular flexibility index (Phi) is 6.98. The SMILES string of the molecule is C[C@H](NC(=O)Cc1cc(F)cc(F)c1)C(=O)[C@](N)(C(N)=O)c1ccc(-c2ccccc2)cc1. The van der Waals surface area contributed by atoms with Crippen LogP contribution in [0.25, 0.3) is 11.1 Å². The third kappa shape index (κ3) is 5.30. The number of ketones is 1. The standard InChI is InChI=1S/C25H23F2N3O3/c1-15(30-22(31)13-16-11-20(26)14-21(27)12-16)23(32)25(29,24(28)33)19-9-7-18(8-10-19)17-5-3-2-4-6-17/h2-12,14-15H,13,29H2,1H3,(H2,28,33)(H,30,31)/t15-,25-/m0/s1. The number of hydrogen-bond donors (Lipinski definition) is 3. The van der Waals surface area contributed by atoms with Crippen molar-refractivity contribution in [3.63, 3.8) is 0 Å². The molecule has 0 fully saturated rings. The van der Waals surface area contributed by atoms with Crippen LogP contribution in [-0.2, 0) is 26.3 Å². The summed E-state index contributed by atoms with van der Waals surface area (Å²) in [6, 6.07) is 17.5. The molecule has 2 atom stereocenters. The van der Waals surface area contributed by atoms with E-state index in [2.05, 4.69) is 5.32 Å². The van der Waals surface area contributed by atoms with Crippen molar-refractivity contribution in [1.29, 1.82) is 0 Å². The minimum atomic E-state index is -2.19. The first-order chi connectivity index (χ1) is 15.6. The highest BCUT2D eigenvalue weighted by atomic mass is 19.1. The fraction of sp³-hybridized carbons (Fsp3) is 0.160. The molecule has 0 aliphatic rings. The monoisotopic (exact) mass is 451 g/mol. The fourth-order valence-electron chi connectivity index (χ4n) is 3.56. The minimum absolute atomic E-state index is 0.0927. The molecule has 0 bridgehead atoms. The maximum atomic E-state index is 13.3. The lowest BCUT2D eigenvalue weighted by molar-refractivity contribution is -0.137. The van der Waals surface area contributed by atoms with Gasteiger partial charge >= 0.3 is 0 Å². The molecular weight excluding hydrogens is 428 g/mol. The van der Waals surface area contributed by atoms with Crippen molar-refractivity contribution in [2.24, 2.45) is 11.5 Å². The Morgan fingerprint density at radius 3 is 2.00 bits per heavy atom. The summed E-state index contributed by atoms with van der Waals surface area (Å²) in [5.74, 6) is -4.22. The van der Waals surface area contributed by atoms with Crippen molar-refractivity contribution in [2.45, 2.75) is 24.9 Å². The van der Waals surface area contributed by atoms with Crippen molar-refractivity contribution in [3.8, 4) is 11.1 Å². The van der Waals surface area contributed by atoms with Crippen molar-refractivity contribution >= 4 is 17.6 Å². The fourth-order valence-corrected chi connectivity index (χ4v) is 3.56. The summed E-state index contributed by atoms with van der Waals surface area (Å²) >= 11 is 0. The summed E-state index contributed by atoms with van der Waals surface area (Å²) in [6.07, 6.45) is -0.369. The van der Waals surface area contributed by atoms with Gasteiger partial charge in [-0.3, -0.25) is 14.4 Å². The number of amides is 2. The lowest BCUT2D eigenvalue weighted by atomic mass is 9.82. The second kappa shape index (κ2) is 9.70.